The Morgan fingerprint density at radius 2 is 1.88 bits per heavy atom. The van der Waals surface area contributed by atoms with Gasteiger partial charge in [-0.25, -0.2) is 18.2 Å². The van der Waals surface area contributed by atoms with Crippen molar-refractivity contribution in [1.29, 1.82) is 0 Å². The average molecular weight is 380 g/mol. The molecule has 0 N–H and O–H groups in total. The van der Waals surface area contributed by atoms with Crippen molar-refractivity contribution in [3.05, 3.63) is 45.9 Å². The number of piperidine rings is 1. The van der Waals surface area contributed by atoms with Crippen molar-refractivity contribution in [3.63, 3.8) is 0 Å². The Morgan fingerprint density at radius 3 is 2.48 bits per heavy atom. The molecule has 25 heavy (non-hydrogen) atoms. The number of sulfonamides is 1. The molecule has 1 aliphatic rings. The molecule has 0 unspecified atom stereocenters. The number of benzene rings is 1. The minimum atomic E-state index is -3.48. The molecule has 134 valence electrons. The first-order valence-corrected chi connectivity index (χ1v) is 10.5. The van der Waals surface area contributed by atoms with Crippen molar-refractivity contribution in [2.24, 2.45) is 0 Å². The van der Waals surface area contributed by atoms with Gasteiger partial charge in [0, 0.05) is 18.5 Å². The summed E-state index contributed by atoms with van der Waals surface area (Å²) in [5, 5.41) is 2.76. The Kier molecular flexibility index (Phi) is 5.51. The van der Waals surface area contributed by atoms with Crippen molar-refractivity contribution >= 4 is 27.3 Å². The second-order valence-corrected chi connectivity index (χ2v) is 8.92. The van der Waals surface area contributed by atoms with Crippen LogP contribution in [0.25, 0.3) is 0 Å². The van der Waals surface area contributed by atoms with Crippen LogP contribution in [0.4, 0.5) is 0 Å². The fraction of sp³-hybridized carbons (Fsp3) is 0.412. The van der Waals surface area contributed by atoms with Crippen LogP contribution < -0.4 is 0 Å². The van der Waals surface area contributed by atoms with Gasteiger partial charge in [-0.3, -0.25) is 0 Å². The smallest absolute Gasteiger partial charge is 0.338 e. The summed E-state index contributed by atoms with van der Waals surface area (Å²) in [7, 11) is -3.48. The lowest BCUT2D eigenvalue weighted by atomic mass is 10.2. The molecule has 0 radical (unpaired) electrons. The van der Waals surface area contributed by atoms with Gasteiger partial charge in [-0.15, -0.1) is 11.3 Å². The van der Waals surface area contributed by atoms with Gasteiger partial charge in [0.25, 0.3) is 0 Å². The summed E-state index contributed by atoms with van der Waals surface area (Å²) in [5.74, 6) is -0.493. The molecule has 0 bridgehead atoms. The molecule has 0 aliphatic carbocycles. The zero-order chi connectivity index (χ0) is 17.9. The van der Waals surface area contributed by atoms with Gasteiger partial charge in [-0.1, -0.05) is 6.42 Å². The van der Waals surface area contributed by atoms with Gasteiger partial charge in [0.15, 0.2) is 0 Å². The molecule has 3 rings (SSSR count). The Balaban J connectivity index is 1.65. The minimum Gasteiger partial charge on any atom is -0.456 e. The van der Waals surface area contributed by atoms with Crippen LogP contribution in [0.15, 0.2) is 34.5 Å². The van der Waals surface area contributed by atoms with Gasteiger partial charge in [0.2, 0.25) is 10.0 Å². The normalized spacial score (nSPS) is 15.9. The summed E-state index contributed by atoms with van der Waals surface area (Å²) >= 11 is 1.50. The maximum atomic E-state index is 12.6. The molecule has 0 spiro atoms. The lowest BCUT2D eigenvalue weighted by Crippen LogP contribution is -2.35. The first-order chi connectivity index (χ1) is 12.0. The number of aromatic nitrogens is 1. The van der Waals surface area contributed by atoms with E-state index in [0.29, 0.717) is 24.3 Å². The van der Waals surface area contributed by atoms with Gasteiger partial charge in [0.05, 0.1) is 21.2 Å². The van der Waals surface area contributed by atoms with Crippen LogP contribution in [-0.2, 0) is 21.4 Å². The number of rotatable bonds is 5. The lowest BCUT2D eigenvalue weighted by Gasteiger charge is -2.25. The molecule has 6 nitrogen and oxygen atoms in total. The van der Waals surface area contributed by atoms with Crippen LogP contribution in [0.2, 0.25) is 0 Å². The Morgan fingerprint density at radius 1 is 1.20 bits per heavy atom. The first kappa shape index (κ1) is 18.0. The van der Waals surface area contributed by atoms with E-state index in [4.69, 9.17) is 4.74 Å². The standard InChI is InChI=1S/C17H20N2O4S2/c1-13-18-15(12-24-13)11-23-17(20)14-5-7-16(8-6-14)25(21,22)19-9-3-2-4-10-19/h5-8,12H,2-4,9-11H2,1H3. The number of esters is 1. The van der Waals surface area contributed by atoms with E-state index in [9.17, 15) is 13.2 Å². The third-order valence-corrected chi connectivity index (χ3v) is 6.80. The van der Waals surface area contributed by atoms with Crippen LogP contribution in [0.1, 0.15) is 40.3 Å². The number of aryl methyl sites for hydroxylation is 1. The molecular weight excluding hydrogens is 360 g/mol. The first-order valence-electron chi connectivity index (χ1n) is 8.15. The van der Waals surface area contributed by atoms with Crippen LogP contribution in [-0.4, -0.2) is 36.8 Å². The van der Waals surface area contributed by atoms with E-state index in [2.05, 4.69) is 4.98 Å². The maximum absolute atomic E-state index is 12.6. The predicted molar refractivity (Wildman–Crippen MR) is 95.0 cm³/mol. The van der Waals surface area contributed by atoms with Crippen molar-refractivity contribution in [2.45, 2.75) is 37.7 Å². The van der Waals surface area contributed by atoms with Crippen LogP contribution >= 0.6 is 11.3 Å². The van der Waals surface area contributed by atoms with Gasteiger partial charge in [0.1, 0.15) is 6.61 Å². The number of nitrogens with zero attached hydrogens (tertiary/aromatic N) is 2. The summed E-state index contributed by atoms with van der Waals surface area (Å²) < 4.78 is 31.9. The van der Waals surface area contributed by atoms with Gasteiger partial charge in [-0.2, -0.15) is 4.31 Å². The second kappa shape index (κ2) is 7.63. The van der Waals surface area contributed by atoms with E-state index in [1.807, 2.05) is 12.3 Å². The molecule has 1 saturated heterocycles. The number of hydrogen-bond donors (Lipinski definition) is 0. The number of carbonyl (C=O) groups excluding carboxylic acids is 1. The van der Waals surface area contributed by atoms with Crippen molar-refractivity contribution in [1.82, 2.24) is 9.29 Å². The fourth-order valence-corrected chi connectivity index (χ4v) is 4.83. The van der Waals surface area contributed by atoms with Crippen molar-refractivity contribution in [2.75, 3.05) is 13.1 Å². The Labute approximate surface area is 151 Å². The maximum Gasteiger partial charge on any atom is 0.338 e. The third kappa shape index (κ3) is 4.26. The minimum absolute atomic E-state index is 0.108. The number of hydrogen-bond acceptors (Lipinski definition) is 6. The van der Waals surface area contributed by atoms with Crippen LogP contribution in [0.3, 0.4) is 0 Å². The molecule has 1 aliphatic heterocycles. The highest BCUT2D eigenvalue weighted by atomic mass is 32.2. The highest BCUT2D eigenvalue weighted by Gasteiger charge is 2.26. The zero-order valence-electron chi connectivity index (χ0n) is 14.0. The van der Waals surface area contributed by atoms with E-state index in [1.165, 1.54) is 39.9 Å². The fourth-order valence-electron chi connectivity index (χ4n) is 2.71. The summed E-state index contributed by atoms with van der Waals surface area (Å²) in [6.45, 7) is 3.10. The van der Waals surface area contributed by atoms with E-state index in [1.54, 1.807) is 0 Å². The Bertz CT molecular complexity index is 838. The highest BCUT2D eigenvalue weighted by molar-refractivity contribution is 7.89. The quantitative estimate of drug-likeness (QED) is 0.745. The predicted octanol–water partition coefficient (Wildman–Crippen LogP) is 2.98. The summed E-state index contributed by atoms with van der Waals surface area (Å²) in [6, 6.07) is 5.91. The summed E-state index contributed by atoms with van der Waals surface area (Å²) in [6.07, 6.45) is 2.84. The monoisotopic (exact) mass is 380 g/mol. The molecule has 2 aromatic rings. The molecule has 0 saturated carbocycles. The lowest BCUT2D eigenvalue weighted by molar-refractivity contribution is 0.0468. The van der Waals surface area contributed by atoms with Crippen molar-refractivity contribution in [3.8, 4) is 0 Å². The molecule has 1 aromatic heterocycles. The molecule has 8 heteroatoms. The highest BCUT2D eigenvalue weighted by Crippen LogP contribution is 2.21. The van der Waals surface area contributed by atoms with Crippen molar-refractivity contribution < 1.29 is 17.9 Å². The Hall–Kier alpha value is -1.77. The summed E-state index contributed by atoms with van der Waals surface area (Å²) in [4.78, 5) is 16.5. The zero-order valence-corrected chi connectivity index (χ0v) is 15.6. The topological polar surface area (TPSA) is 76.6 Å². The third-order valence-electron chi connectivity index (χ3n) is 4.06. The molecule has 1 aromatic carbocycles. The molecule has 0 atom stereocenters. The van der Waals surface area contributed by atoms with E-state index >= 15 is 0 Å². The number of carbonyl (C=O) groups is 1. The van der Waals surface area contributed by atoms with E-state index in [-0.39, 0.29) is 11.5 Å². The van der Waals surface area contributed by atoms with Gasteiger partial charge < -0.3 is 4.74 Å². The molecular formula is C17H20N2O4S2. The second-order valence-electron chi connectivity index (χ2n) is 5.92. The van der Waals surface area contributed by atoms with Gasteiger partial charge >= 0.3 is 5.97 Å². The molecule has 2 heterocycles. The molecule has 1 fully saturated rings. The average Bonchev–Trinajstić information content (AvgIpc) is 3.06. The van der Waals surface area contributed by atoms with Gasteiger partial charge in [-0.05, 0) is 44.0 Å². The largest absolute Gasteiger partial charge is 0.456 e. The van der Waals surface area contributed by atoms with Crippen LogP contribution in [0, 0.1) is 6.92 Å². The number of ether oxygens (including phenoxy) is 1. The van der Waals surface area contributed by atoms with E-state index in [0.717, 1.165) is 24.3 Å². The van der Waals surface area contributed by atoms with Crippen LogP contribution in [0.5, 0.6) is 0 Å². The SMILES string of the molecule is Cc1nc(COC(=O)c2ccc(S(=O)(=O)N3CCCCC3)cc2)cs1. The van der Waals surface area contributed by atoms with E-state index < -0.39 is 16.0 Å². The summed E-state index contributed by atoms with van der Waals surface area (Å²) in [5.41, 5.74) is 1.03. The number of thiazole rings is 1. The molecule has 0 amide bonds.